The van der Waals surface area contributed by atoms with E-state index in [9.17, 15) is 9.59 Å². The molecule has 1 N–H and O–H groups in total. The topological polar surface area (TPSA) is 64.0 Å². The molecule has 0 bridgehead atoms. The van der Waals surface area contributed by atoms with Gasteiger partial charge in [-0.25, -0.2) is 4.98 Å². The standard InChI is InChI=1S/C18H17N3O2S/c1-11-10-15(12(2)24-11)18(23)20-14-6-4-13(5-7-14)16(22)17-19-8-9-21(17)3/h4-10H,1-3H3,(H,20,23). The molecule has 2 heterocycles. The van der Waals surface area contributed by atoms with Gasteiger partial charge in [-0.3, -0.25) is 9.59 Å². The van der Waals surface area contributed by atoms with Gasteiger partial charge in [0.15, 0.2) is 5.82 Å². The second kappa shape index (κ2) is 6.41. The van der Waals surface area contributed by atoms with E-state index in [-0.39, 0.29) is 11.7 Å². The second-order valence-corrected chi connectivity index (χ2v) is 7.01. The first-order chi connectivity index (χ1) is 11.5. The van der Waals surface area contributed by atoms with Crippen LogP contribution in [0.5, 0.6) is 0 Å². The van der Waals surface area contributed by atoms with Crippen LogP contribution in [0.1, 0.15) is 36.3 Å². The minimum absolute atomic E-state index is 0.139. The number of nitrogens with one attached hydrogen (secondary N) is 1. The highest BCUT2D eigenvalue weighted by atomic mass is 32.1. The summed E-state index contributed by atoms with van der Waals surface area (Å²) in [6.07, 6.45) is 3.32. The number of hydrogen-bond donors (Lipinski definition) is 1. The molecule has 122 valence electrons. The van der Waals surface area contributed by atoms with E-state index in [1.54, 1.807) is 59.6 Å². The number of carbonyl (C=O) groups excluding carboxylic acids is 2. The van der Waals surface area contributed by atoms with E-state index in [1.807, 2.05) is 19.9 Å². The van der Waals surface area contributed by atoms with Gasteiger partial charge >= 0.3 is 0 Å². The number of thiophene rings is 1. The molecule has 0 spiro atoms. The average molecular weight is 339 g/mol. The summed E-state index contributed by atoms with van der Waals surface area (Å²) in [5, 5.41) is 2.86. The molecule has 0 atom stereocenters. The van der Waals surface area contributed by atoms with E-state index in [1.165, 1.54) is 0 Å². The van der Waals surface area contributed by atoms with Gasteiger partial charge in [0, 0.05) is 40.4 Å². The van der Waals surface area contributed by atoms with Crippen molar-refractivity contribution in [1.82, 2.24) is 9.55 Å². The Morgan fingerprint density at radius 2 is 1.88 bits per heavy atom. The van der Waals surface area contributed by atoms with Crippen LogP contribution in [0.25, 0.3) is 0 Å². The molecule has 24 heavy (non-hydrogen) atoms. The first-order valence-electron chi connectivity index (χ1n) is 7.46. The van der Waals surface area contributed by atoms with Crippen molar-refractivity contribution in [2.24, 2.45) is 7.05 Å². The molecule has 0 aliphatic carbocycles. The van der Waals surface area contributed by atoms with Gasteiger partial charge in [-0.1, -0.05) is 0 Å². The van der Waals surface area contributed by atoms with Crippen LogP contribution in [0.15, 0.2) is 42.7 Å². The molecule has 0 saturated heterocycles. The van der Waals surface area contributed by atoms with Crippen LogP contribution < -0.4 is 5.32 Å². The minimum atomic E-state index is -0.148. The van der Waals surface area contributed by atoms with Crippen LogP contribution in [-0.2, 0) is 7.05 Å². The molecule has 2 aromatic heterocycles. The van der Waals surface area contributed by atoms with E-state index in [4.69, 9.17) is 0 Å². The van der Waals surface area contributed by atoms with Crippen LogP contribution in [0.4, 0.5) is 5.69 Å². The molecule has 3 rings (SSSR count). The van der Waals surface area contributed by atoms with Crippen molar-refractivity contribution >= 4 is 28.7 Å². The van der Waals surface area contributed by atoms with Gasteiger partial charge in [-0.15, -0.1) is 11.3 Å². The number of anilines is 1. The highest BCUT2D eigenvalue weighted by molar-refractivity contribution is 7.12. The first kappa shape index (κ1) is 16.1. The first-order valence-corrected chi connectivity index (χ1v) is 8.28. The third-order valence-electron chi connectivity index (χ3n) is 3.71. The van der Waals surface area contributed by atoms with Crippen molar-refractivity contribution < 1.29 is 9.59 Å². The summed E-state index contributed by atoms with van der Waals surface area (Å²) in [4.78, 5) is 30.8. The molecule has 0 aliphatic rings. The zero-order valence-electron chi connectivity index (χ0n) is 13.7. The summed E-state index contributed by atoms with van der Waals surface area (Å²) < 4.78 is 1.68. The van der Waals surface area contributed by atoms with Crippen molar-refractivity contribution in [3.05, 3.63) is 69.4 Å². The van der Waals surface area contributed by atoms with E-state index in [0.29, 0.717) is 22.6 Å². The SMILES string of the molecule is Cc1cc(C(=O)Nc2ccc(C(=O)c3nccn3C)cc2)c(C)s1. The summed E-state index contributed by atoms with van der Waals surface area (Å²) in [5.41, 5.74) is 1.87. The number of hydrogen-bond acceptors (Lipinski definition) is 4. The van der Waals surface area contributed by atoms with E-state index in [2.05, 4.69) is 10.3 Å². The molecule has 0 fully saturated rings. The highest BCUT2D eigenvalue weighted by Crippen LogP contribution is 2.22. The summed E-state index contributed by atoms with van der Waals surface area (Å²) in [5.74, 6) is 0.0980. The number of amides is 1. The van der Waals surface area contributed by atoms with Crippen molar-refractivity contribution in [3.8, 4) is 0 Å². The molecule has 0 aliphatic heterocycles. The second-order valence-electron chi connectivity index (χ2n) is 5.55. The Morgan fingerprint density at radius 3 is 2.42 bits per heavy atom. The number of benzene rings is 1. The van der Waals surface area contributed by atoms with Crippen LogP contribution in [0, 0.1) is 13.8 Å². The molecule has 5 nitrogen and oxygen atoms in total. The summed E-state index contributed by atoms with van der Waals surface area (Å²) >= 11 is 1.60. The number of nitrogens with zero attached hydrogens (tertiary/aromatic N) is 2. The Balaban J connectivity index is 1.75. The van der Waals surface area contributed by atoms with Gasteiger partial charge < -0.3 is 9.88 Å². The molecule has 6 heteroatoms. The monoisotopic (exact) mass is 339 g/mol. The Bertz CT molecular complexity index is 907. The zero-order chi connectivity index (χ0) is 17.3. The van der Waals surface area contributed by atoms with Gasteiger partial charge in [0.25, 0.3) is 5.91 Å². The summed E-state index contributed by atoms with van der Waals surface area (Å²) in [6, 6.07) is 8.72. The van der Waals surface area contributed by atoms with Gasteiger partial charge in [0.05, 0.1) is 5.56 Å². The number of aromatic nitrogens is 2. The maximum atomic E-state index is 12.4. The third-order valence-corrected chi connectivity index (χ3v) is 4.68. The molecular formula is C18H17N3O2S. The Labute approximate surface area is 144 Å². The third kappa shape index (κ3) is 3.14. The van der Waals surface area contributed by atoms with Crippen LogP contribution in [-0.4, -0.2) is 21.2 Å². The van der Waals surface area contributed by atoms with Gasteiger partial charge in [0.1, 0.15) is 0 Å². The average Bonchev–Trinajstić information content (AvgIpc) is 3.12. The molecule has 3 aromatic rings. The van der Waals surface area contributed by atoms with Gasteiger partial charge in [-0.05, 0) is 44.2 Å². The molecule has 1 amide bonds. The van der Waals surface area contributed by atoms with Crippen LogP contribution in [0.3, 0.4) is 0 Å². The fourth-order valence-electron chi connectivity index (χ4n) is 2.47. The van der Waals surface area contributed by atoms with Crippen LogP contribution in [0.2, 0.25) is 0 Å². The molecule has 0 radical (unpaired) electrons. The van der Waals surface area contributed by atoms with Gasteiger partial charge in [-0.2, -0.15) is 0 Å². The zero-order valence-corrected chi connectivity index (χ0v) is 14.5. The van der Waals surface area contributed by atoms with Crippen molar-refractivity contribution in [3.63, 3.8) is 0 Å². The normalized spacial score (nSPS) is 10.6. The smallest absolute Gasteiger partial charge is 0.256 e. The molecular weight excluding hydrogens is 322 g/mol. The summed E-state index contributed by atoms with van der Waals surface area (Å²) in [7, 11) is 1.78. The number of ketones is 1. The number of aryl methyl sites for hydroxylation is 3. The van der Waals surface area contributed by atoms with E-state index in [0.717, 1.165) is 9.75 Å². The molecule has 0 saturated carbocycles. The number of carbonyl (C=O) groups is 2. The largest absolute Gasteiger partial charge is 0.331 e. The van der Waals surface area contributed by atoms with E-state index >= 15 is 0 Å². The highest BCUT2D eigenvalue weighted by Gasteiger charge is 2.15. The fraction of sp³-hybridized carbons (Fsp3) is 0.167. The molecule has 0 unspecified atom stereocenters. The van der Waals surface area contributed by atoms with Crippen LogP contribution >= 0.6 is 11.3 Å². The lowest BCUT2D eigenvalue weighted by Crippen LogP contribution is -2.12. The van der Waals surface area contributed by atoms with Crippen molar-refractivity contribution in [2.75, 3.05) is 5.32 Å². The minimum Gasteiger partial charge on any atom is -0.331 e. The number of imidazole rings is 1. The van der Waals surface area contributed by atoms with Gasteiger partial charge in [0.2, 0.25) is 5.78 Å². The predicted octanol–water partition coefficient (Wildman–Crippen LogP) is 3.58. The quantitative estimate of drug-likeness (QED) is 0.739. The Morgan fingerprint density at radius 1 is 1.17 bits per heavy atom. The Hall–Kier alpha value is -2.73. The maximum absolute atomic E-state index is 12.4. The number of rotatable bonds is 4. The lowest BCUT2D eigenvalue weighted by molar-refractivity contribution is 0.102. The maximum Gasteiger partial charge on any atom is 0.256 e. The lowest BCUT2D eigenvalue weighted by Gasteiger charge is -2.06. The van der Waals surface area contributed by atoms with Crippen molar-refractivity contribution in [2.45, 2.75) is 13.8 Å². The molecule has 1 aromatic carbocycles. The summed E-state index contributed by atoms with van der Waals surface area (Å²) in [6.45, 7) is 3.91. The fourth-order valence-corrected chi connectivity index (χ4v) is 3.39. The lowest BCUT2D eigenvalue weighted by atomic mass is 10.1. The van der Waals surface area contributed by atoms with Crippen molar-refractivity contribution in [1.29, 1.82) is 0 Å². The van der Waals surface area contributed by atoms with E-state index < -0.39 is 0 Å². The predicted molar refractivity (Wildman–Crippen MR) is 94.8 cm³/mol. The Kier molecular flexibility index (Phi) is 4.31.